The molecule has 1 aliphatic heterocycles. The van der Waals surface area contributed by atoms with Gasteiger partial charge in [-0.2, -0.15) is 13.2 Å². The van der Waals surface area contributed by atoms with Crippen LogP contribution in [0.15, 0.2) is 0 Å². The first-order chi connectivity index (χ1) is 6.81. The maximum atomic E-state index is 11.9. The van der Waals surface area contributed by atoms with Crippen LogP contribution in [0.25, 0.3) is 0 Å². The van der Waals surface area contributed by atoms with E-state index >= 15 is 0 Å². The van der Waals surface area contributed by atoms with Crippen molar-refractivity contribution < 1.29 is 23.1 Å². The minimum absolute atomic E-state index is 0.300. The summed E-state index contributed by atoms with van der Waals surface area (Å²) in [6, 6.07) is -0.570. The second-order valence-electron chi connectivity index (χ2n) is 3.59. The third kappa shape index (κ3) is 3.35. The molecule has 1 rings (SSSR count). The quantitative estimate of drug-likeness (QED) is 0.681. The molecule has 1 fully saturated rings. The van der Waals surface area contributed by atoms with E-state index in [1.54, 1.807) is 0 Å². The van der Waals surface area contributed by atoms with Crippen LogP contribution in [-0.2, 0) is 4.79 Å². The Labute approximate surface area is 85.1 Å². The lowest BCUT2D eigenvalue weighted by atomic mass is 10.2. The molecule has 0 saturated carbocycles. The highest BCUT2D eigenvalue weighted by Crippen LogP contribution is 2.21. The van der Waals surface area contributed by atoms with E-state index in [0.29, 0.717) is 13.1 Å². The van der Waals surface area contributed by atoms with Crippen molar-refractivity contribution in [2.75, 3.05) is 20.1 Å². The summed E-state index contributed by atoms with van der Waals surface area (Å²) in [5.41, 5.74) is 0. The lowest BCUT2D eigenvalue weighted by Gasteiger charge is -2.26. The van der Waals surface area contributed by atoms with Crippen LogP contribution < -0.4 is 5.32 Å². The van der Waals surface area contributed by atoms with E-state index < -0.39 is 30.7 Å². The summed E-state index contributed by atoms with van der Waals surface area (Å²) < 4.78 is 35.8. The minimum atomic E-state index is -4.50. The number of hydrogen-bond donors (Lipinski definition) is 2. The zero-order valence-electron chi connectivity index (χ0n) is 8.21. The molecule has 1 amide bonds. The van der Waals surface area contributed by atoms with Gasteiger partial charge in [0.05, 0.1) is 12.1 Å². The summed E-state index contributed by atoms with van der Waals surface area (Å²) in [6.45, 7) is 0.621. The lowest BCUT2D eigenvalue weighted by Crippen LogP contribution is -2.45. The normalized spacial score (nSPS) is 26.7. The predicted molar refractivity (Wildman–Crippen MR) is 46.1 cm³/mol. The fourth-order valence-electron chi connectivity index (χ4n) is 1.53. The summed E-state index contributed by atoms with van der Waals surface area (Å²) in [7, 11) is 1.27. The fraction of sp³-hybridized carbons (Fsp3) is 0.875. The van der Waals surface area contributed by atoms with Crippen molar-refractivity contribution in [1.82, 2.24) is 10.2 Å². The Hall–Kier alpha value is -0.820. The highest BCUT2D eigenvalue weighted by Gasteiger charge is 2.37. The van der Waals surface area contributed by atoms with Crippen LogP contribution in [-0.4, -0.2) is 54.4 Å². The second kappa shape index (κ2) is 4.36. The number of alkyl halides is 3. The summed E-state index contributed by atoms with van der Waals surface area (Å²) in [5, 5.41) is 12.2. The number of aliphatic hydroxyl groups excluding tert-OH is 1. The molecule has 0 aromatic rings. The monoisotopic (exact) mass is 226 g/mol. The Morgan fingerprint density at radius 3 is 2.53 bits per heavy atom. The first-order valence-electron chi connectivity index (χ1n) is 4.52. The molecular weight excluding hydrogens is 213 g/mol. The number of likely N-dealkylation sites (N-methyl/N-ethyl adjacent to an activating group) is 1. The average Bonchev–Trinajstić information content (AvgIpc) is 2.47. The Kier molecular flexibility index (Phi) is 3.56. The van der Waals surface area contributed by atoms with Gasteiger partial charge in [-0.3, -0.25) is 4.79 Å². The number of carbonyl (C=O) groups excluding carboxylic acids is 1. The van der Waals surface area contributed by atoms with Gasteiger partial charge in [-0.1, -0.05) is 0 Å². The summed E-state index contributed by atoms with van der Waals surface area (Å²) >= 11 is 0. The molecule has 0 spiro atoms. The van der Waals surface area contributed by atoms with Gasteiger partial charge in [0, 0.05) is 20.1 Å². The zero-order chi connectivity index (χ0) is 11.6. The van der Waals surface area contributed by atoms with Crippen LogP contribution in [0.1, 0.15) is 6.42 Å². The molecule has 0 aromatic carbocycles. The third-order valence-corrected chi connectivity index (χ3v) is 2.39. The van der Waals surface area contributed by atoms with Gasteiger partial charge in [0.15, 0.2) is 0 Å². The van der Waals surface area contributed by atoms with Crippen LogP contribution in [0.5, 0.6) is 0 Å². The SMILES string of the molecule is CN(C(=O)CC(F)(F)F)[C@H]1CNC[C@@H]1O. The maximum Gasteiger partial charge on any atom is 0.397 e. The van der Waals surface area contributed by atoms with E-state index in [4.69, 9.17) is 0 Å². The molecule has 0 unspecified atom stereocenters. The first kappa shape index (κ1) is 12.3. The number of amides is 1. The molecule has 4 nitrogen and oxygen atoms in total. The highest BCUT2D eigenvalue weighted by molar-refractivity contribution is 5.77. The van der Waals surface area contributed by atoms with E-state index in [-0.39, 0.29) is 0 Å². The van der Waals surface area contributed by atoms with Crippen LogP contribution in [0.3, 0.4) is 0 Å². The maximum absolute atomic E-state index is 11.9. The van der Waals surface area contributed by atoms with Crippen molar-refractivity contribution in [1.29, 1.82) is 0 Å². The minimum Gasteiger partial charge on any atom is -0.390 e. The van der Waals surface area contributed by atoms with Crippen molar-refractivity contribution >= 4 is 5.91 Å². The molecular formula is C8H13F3N2O2. The average molecular weight is 226 g/mol. The molecule has 1 heterocycles. The van der Waals surface area contributed by atoms with Gasteiger partial charge < -0.3 is 15.3 Å². The van der Waals surface area contributed by atoms with Crippen molar-refractivity contribution in [2.45, 2.75) is 24.7 Å². The number of aliphatic hydroxyl groups is 1. The number of nitrogens with zero attached hydrogens (tertiary/aromatic N) is 1. The van der Waals surface area contributed by atoms with Gasteiger partial charge in [-0.05, 0) is 0 Å². The molecule has 0 aromatic heterocycles. The lowest BCUT2D eigenvalue weighted by molar-refractivity contribution is -0.162. The number of halogens is 3. The van der Waals surface area contributed by atoms with Crippen molar-refractivity contribution in [3.05, 3.63) is 0 Å². The van der Waals surface area contributed by atoms with E-state index in [0.717, 1.165) is 4.90 Å². The van der Waals surface area contributed by atoms with Gasteiger partial charge in [0.25, 0.3) is 0 Å². The van der Waals surface area contributed by atoms with E-state index in [1.165, 1.54) is 7.05 Å². The van der Waals surface area contributed by atoms with Gasteiger partial charge in [-0.15, -0.1) is 0 Å². The molecule has 15 heavy (non-hydrogen) atoms. The number of hydrogen-bond acceptors (Lipinski definition) is 3. The number of rotatable bonds is 2. The van der Waals surface area contributed by atoms with Crippen molar-refractivity contribution in [2.24, 2.45) is 0 Å². The first-order valence-corrected chi connectivity index (χ1v) is 4.52. The largest absolute Gasteiger partial charge is 0.397 e. The Morgan fingerprint density at radius 1 is 1.53 bits per heavy atom. The topological polar surface area (TPSA) is 52.6 Å². The van der Waals surface area contributed by atoms with Crippen LogP contribution >= 0.6 is 0 Å². The Morgan fingerprint density at radius 2 is 2.13 bits per heavy atom. The Balaban J connectivity index is 2.52. The fourth-order valence-corrected chi connectivity index (χ4v) is 1.53. The molecule has 2 atom stereocenters. The number of carbonyl (C=O) groups is 1. The molecule has 88 valence electrons. The molecule has 0 bridgehead atoms. The molecule has 1 saturated heterocycles. The highest BCUT2D eigenvalue weighted by atomic mass is 19.4. The zero-order valence-corrected chi connectivity index (χ0v) is 8.21. The van der Waals surface area contributed by atoms with Crippen molar-refractivity contribution in [3.63, 3.8) is 0 Å². The third-order valence-electron chi connectivity index (χ3n) is 2.39. The van der Waals surface area contributed by atoms with Gasteiger partial charge in [0.2, 0.25) is 5.91 Å². The molecule has 2 N–H and O–H groups in total. The van der Waals surface area contributed by atoms with Crippen molar-refractivity contribution in [3.8, 4) is 0 Å². The summed E-state index contributed by atoms with van der Waals surface area (Å²) in [5.74, 6) is -1.02. The number of β-amino-alcohol motifs (C(OH)–C–C–N with tert-alkyl or cyclic N) is 1. The van der Waals surface area contributed by atoms with Crippen LogP contribution in [0.4, 0.5) is 13.2 Å². The summed E-state index contributed by atoms with van der Waals surface area (Å²) in [6.07, 6.45) is -6.78. The standard InChI is InChI=1S/C8H13F3N2O2/c1-13(5-3-12-4-6(5)14)7(15)2-8(9,10)11/h5-6,12,14H,2-4H2,1H3/t5-,6-/m0/s1. The number of nitrogens with one attached hydrogen (secondary N) is 1. The summed E-state index contributed by atoms with van der Waals surface area (Å²) in [4.78, 5) is 12.1. The van der Waals surface area contributed by atoms with Crippen LogP contribution in [0.2, 0.25) is 0 Å². The van der Waals surface area contributed by atoms with E-state index in [1.807, 2.05) is 0 Å². The van der Waals surface area contributed by atoms with Gasteiger partial charge in [0.1, 0.15) is 6.42 Å². The molecule has 1 aliphatic rings. The van der Waals surface area contributed by atoms with Gasteiger partial charge in [-0.25, -0.2) is 0 Å². The second-order valence-corrected chi connectivity index (χ2v) is 3.59. The molecule has 0 aliphatic carbocycles. The smallest absolute Gasteiger partial charge is 0.390 e. The predicted octanol–water partition coefficient (Wildman–Crippen LogP) is -0.270. The van der Waals surface area contributed by atoms with Crippen LogP contribution in [0, 0.1) is 0 Å². The van der Waals surface area contributed by atoms with E-state index in [9.17, 15) is 23.1 Å². The van der Waals surface area contributed by atoms with E-state index in [2.05, 4.69) is 5.32 Å². The van der Waals surface area contributed by atoms with Gasteiger partial charge >= 0.3 is 6.18 Å². The molecule has 7 heteroatoms. The molecule has 0 radical (unpaired) electrons. The Bertz CT molecular complexity index is 245.